The second-order valence-corrected chi connectivity index (χ2v) is 13.7. The Hall–Kier alpha value is -6.90. The molecule has 3 amide bonds. The van der Waals surface area contributed by atoms with Gasteiger partial charge in [-0.15, -0.1) is 0 Å². The maximum absolute atomic E-state index is 11.5. The molecule has 0 aromatic heterocycles. The van der Waals surface area contributed by atoms with Crippen LogP contribution in [0.4, 0.5) is 31.4 Å². The number of para-hydroxylation sites is 3. The Morgan fingerprint density at radius 3 is 0.794 bits per heavy atom. The number of carbonyl (C=O) groups is 6. The predicted molar refractivity (Wildman–Crippen MR) is 247 cm³/mol. The van der Waals surface area contributed by atoms with Crippen molar-refractivity contribution in [2.45, 2.75) is 100 Å². The van der Waals surface area contributed by atoms with E-state index in [0.717, 1.165) is 0 Å². The van der Waals surface area contributed by atoms with Crippen LogP contribution >= 0.6 is 0 Å². The van der Waals surface area contributed by atoms with Crippen LogP contribution in [0.15, 0.2) is 127 Å². The van der Waals surface area contributed by atoms with Gasteiger partial charge in [0.15, 0.2) is 0 Å². The van der Waals surface area contributed by atoms with Gasteiger partial charge < -0.3 is 28.4 Å². The van der Waals surface area contributed by atoms with Crippen molar-refractivity contribution in [3.8, 4) is 0 Å². The topological polar surface area (TPSA) is 194 Å². The molecule has 0 heterocycles. The fraction of sp³-hybridized carbons (Fsp3) is 0.375. The minimum absolute atomic E-state index is 0.00605. The largest absolute Gasteiger partial charge is 0.458 e. The smallest absolute Gasteiger partial charge is 0.412 e. The van der Waals surface area contributed by atoms with E-state index in [2.05, 4.69) is 63.4 Å². The van der Waals surface area contributed by atoms with Crippen molar-refractivity contribution in [3.63, 3.8) is 0 Å². The molecule has 0 aliphatic carbocycles. The maximum Gasteiger partial charge on any atom is 0.412 e. The van der Waals surface area contributed by atoms with Gasteiger partial charge in [0.1, 0.15) is 38.1 Å². The highest BCUT2D eigenvalue weighted by Gasteiger charge is 2.15. The van der Waals surface area contributed by atoms with Crippen LogP contribution in [0, 0.1) is 0 Å². The Kier molecular flexibility index (Phi) is 33.1. The molecule has 63 heavy (non-hydrogen) atoms. The Balaban J connectivity index is 0. The van der Waals surface area contributed by atoms with E-state index in [1.165, 1.54) is 12.8 Å². The third-order valence-electron chi connectivity index (χ3n) is 6.38. The van der Waals surface area contributed by atoms with Gasteiger partial charge in [-0.25, -0.2) is 28.8 Å². The van der Waals surface area contributed by atoms with E-state index in [0.29, 0.717) is 33.8 Å². The van der Waals surface area contributed by atoms with Crippen molar-refractivity contribution in [2.24, 2.45) is 0 Å². The van der Waals surface area contributed by atoms with Crippen LogP contribution in [-0.2, 0) is 42.8 Å². The summed E-state index contributed by atoms with van der Waals surface area (Å²) in [6.45, 7) is 28.4. The molecule has 0 aliphatic heterocycles. The van der Waals surface area contributed by atoms with E-state index in [4.69, 9.17) is 28.4 Å². The third kappa shape index (κ3) is 33.5. The van der Waals surface area contributed by atoms with Gasteiger partial charge in [-0.3, -0.25) is 16.0 Å². The van der Waals surface area contributed by atoms with Gasteiger partial charge >= 0.3 is 36.2 Å². The molecule has 0 radical (unpaired) electrons. The van der Waals surface area contributed by atoms with Gasteiger partial charge in [-0.2, -0.15) is 0 Å². The molecule has 0 spiro atoms. The molecule has 15 nitrogen and oxygen atoms in total. The molecule has 3 aromatic carbocycles. The second-order valence-electron chi connectivity index (χ2n) is 13.7. The van der Waals surface area contributed by atoms with E-state index in [-0.39, 0.29) is 19.8 Å². The molecular weight excluding hydrogens is 811 g/mol. The summed E-state index contributed by atoms with van der Waals surface area (Å²) in [5, 5.41) is 7.69. The van der Waals surface area contributed by atoms with Gasteiger partial charge in [-0.1, -0.05) is 115 Å². The highest BCUT2D eigenvalue weighted by atomic mass is 16.6. The van der Waals surface area contributed by atoms with Crippen LogP contribution < -0.4 is 16.0 Å². The highest BCUT2D eigenvalue weighted by Crippen LogP contribution is 2.09. The molecule has 0 saturated heterocycles. The number of carbonyl (C=O) groups excluding carboxylic acids is 6. The van der Waals surface area contributed by atoms with E-state index in [9.17, 15) is 28.8 Å². The van der Waals surface area contributed by atoms with Gasteiger partial charge in [0, 0.05) is 33.8 Å². The Labute approximate surface area is 373 Å². The lowest BCUT2D eigenvalue weighted by Gasteiger charge is -2.14. The summed E-state index contributed by atoms with van der Waals surface area (Å²) in [4.78, 5) is 68.0. The first-order valence-corrected chi connectivity index (χ1v) is 20.4. The standard InChI is InChI=1S/3C14H17NO4.2C3H8/c3*1-10(2)13(16)18-9-11(3)19-14(17)15-12-7-5-4-6-8-12;2*1-3-2/h3*4-8,11H,1,9H2,2-3H3,(H,15,17);2*3H2,1-2H3. The Bertz CT molecular complexity index is 1610. The van der Waals surface area contributed by atoms with Crippen LogP contribution in [0.3, 0.4) is 0 Å². The van der Waals surface area contributed by atoms with Crippen molar-refractivity contribution in [1.29, 1.82) is 0 Å². The van der Waals surface area contributed by atoms with E-state index in [1.807, 2.05) is 18.2 Å². The van der Waals surface area contributed by atoms with Gasteiger partial charge in [-0.05, 0) is 77.9 Å². The summed E-state index contributed by atoms with van der Waals surface area (Å²) in [6, 6.07) is 26.8. The molecule has 346 valence electrons. The third-order valence-corrected chi connectivity index (χ3v) is 6.38. The fourth-order valence-corrected chi connectivity index (χ4v) is 3.61. The summed E-state index contributed by atoms with van der Waals surface area (Å²) in [5.41, 5.74) is 2.83. The lowest BCUT2D eigenvalue weighted by Crippen LogP contribution is -2.25. The minimum atomic E-state index is -0.593. The minimum Gasteiger partial charge on any atom is -0.458 e. The zero-order valence-electron chi connectivity index (χ0n) is 38.4. The van der Waals surface area contributed by atoms with Crippen molar-refractivity contribution < 1.29 is 57.2 Å². The second kappa shape index (κ2) is 35.8. The molecule has 3 unspecified atom stereocenters. The molecule has 3 N–H and O–H groups in total. The first-order valence-electron chi connectivity index (χ1n) is 20.4. The average molecular weight is 878 g/mol. The number of anilines is 3. The van der Waals surface area contributed by atoms with Gasteiger partial charge in [0.2, 0.25) is 0 Å². The van der Waals surface area contributed by atoms with Gasteiger partial charge in [0.25, 0.3) is 0 Å². The van der Waals surface area contributed by atoms with Crippen LogP contribution in [0.5, 0.6) is 0 Å². The van der Waals surface area contributed by atoms with Crippen LogP contribution in [0.2, 0.25) is 0 Å². The number of hydrogen-bond acceptors (Lipinski definition) is 12. The Morgan fingerprint density at radius 2 is 0.619 bits per heavy atom. The van der Waals surface area contributed by atoms with Crippen LogP contribution in [0.1, 0.15) is 82.1 Å². The van der Waals surface area contributed by atoms with Crippen molar-refractivity contribution in [3.05, 3.63) is 127 Å². The lowest BCUT2D eigenvalue weighted by molar-refractivity contribution is -0.142. The zero-order chi connectivity index (χ0) is 48.2. The number of nitrogens with one attached hydrogen (secondary N) is 3. The SMILES string of the molecule is C=C(C)C(=O)OCC(C)OC(=O)Nc1ccccc1.C=C(C)C(=O)OCC(C)OC(=O)Nc1ccccc1.C=C(C)C(=O)OCC(C)OC(=O)Nc1ccccc1.CCC.CCC. The zero-order valence-corrected chi connectivity index (χ0v) is 38.4. The van der Waals surface area contributed by atoms with E-state index in [1.54, 1.807) is 114 Å². The first-order chi connectivity index (χ1) is 29.8. The molecule has 3 rings (SSSR count). The molecule has 0 bridgehead atoms. The number of hydrogen-bond donors (Lipinski definition) is 3. The average Bonchev–Trinajstić information content (AvgIpc) is 3.22. The highest BCUT2D eigenvalue weighted by molar-refractivity contribution is 5.88. The number of esters is 3. The number of amides is 3. The maximum atomic E-state index is 11.5. The van der Waals surface area contributed by atoms with Gasteiger partial charge in [0.05, 0.1) is 0 Å². The molecule has 3 atom stereocenters. The molecule has 15 heteroatoms. The number of rotatable bonds is 15. The molecule has 0 saturated carbocycles. The normalized spacial score (nSPS) is 10.8. The quantitative estimate of drug-likeness (QED) is 0.0744. The predicted octanol–water partition coefficient (Wildman–Crippen LogP) is 11.1. The fourth-order valence-electron chi connectivity index (χ4n) is 3.61. The summed E-state index contributed by atoms with van der Waals surface area (Å²) in [7, 11) is 0. The lowest BCUT2D eigenvalue weighted by atomic mass is 10.3. The monoisotopic (exact) mass is 877 g/mol. The first kappa shape index (κ1) is 58.2. The van der Waals surface area contributed by atoms with E-state index < -0.39 is 54.5 Å². The van der Waals surface area contributed by atoms with E-state index >= 15 is 0 Å². The number of benzene rings is 3. The molecule has 0 aliphatic rings. The summed E-state index contributed by atoms with van der Waals surface area (Å²) < 4.78 is 29.7. The Morgan fingerprint density at radius 1 is 0.429 bits per heavy atom. The van der Waals surface area contributed by atoms with Crippen LogP contribution in [0.25, 0.3) is 0 Å². The summed E-state index contributed by atoms with van der Waals surface area (Å²) >= 11 is 0. The molecule has 3 aromatic rings. The summed E-state index contributed by atoms with van der Waals surface area (Å²) in [5.74, 6) is -1.50. The molecular formula is C48H67N3O12. The number of ether oxygens (including phenoxy) is 6. The van der Waals surface area contributed by atoms with Crippen molar-refractivity contribution >= 4 is 53.2 Å². The summed E-state index contributed by atoms with van der Waals surface area (Å²) in [6.07, 6.45) is -0.883. The molecule has 0 fully saturated rings. The van der Waals surface area contributed by atoms with Crippen molar-refractivity contribution in [1.82, 2.24) is 0 Å². The van der Waals surface area contributed by atoms with Crippen molar-refractivity contribution in [2.75, 3.05) is 35.8 Å². The van der Waals surface area contributed by atoms with Crippen LogP contribution in [-0.4, -0.2) is 74.3 Å².